The Morgan fingerprint density at radius 3 is 2.53 bits per heavy atom. The molecule has 10 heteroatoms. The van der Waals surface area contributed by atoms with E-state index in [1.54, 1.807) is 7.11 Å². The summed E-state index contributed by atoms with van der Waals surface area (Å²) in [5, 5.41) is 15.0. The number of hydrogen-bond donors (Lipinski definition) is 2. The summed E-state index contributed by atoms with van der Waals surface area (Å²) in [6.45, 7) is 0.693. The number of carbonyl (C=O) groups excluding carboxylic acids is 2. The van der Waals surface area contributed by atoms with Crippen LogP contribution in [0.5, 0.6) is 5.75 Å². The third-order valence-corrected chi connectivity index (χ3v) is 6.80. The second kappa shape index (κ2) is 10.5. The molecule has 0 radical (unpaired) electrons. The molecule has 2 atom stereocenters. The van der Waals surface area contributed by atoms with Crippen LogP contribution >= 0.6 is 11.8 Å². The molecule has 0 bridgehead atoms. The third kappa shape index (κ3) is 6.25. The number of amides is 2. The minimum absolute atomic E-state index is 0.143. The van der Waals surface area contributed by atoms with Crippen molar-refractivity contribution in [3.63, 3.8) is 0 Å². The van der Waals surface area contributed by atoms with Gasteiger partial charge >= 0.3 is 0 Å². The number of rotatable bonds is 9. The molecule has 1 aromatic rings. The highest BCUT2D eigenvalue weighted by Crippen LogP contribution is 2.30. The summed E-state index contributed by atoms with van der Waals surface area (Å²) in [6, 6.07) is 7.06. The second-order valence-corrected chi connectivity index (χ2v) is 8.98. The van der Waals surface area contributed by atoms with Gasteiger partial charge in [-0.15, -0.1) is 10.1 Å². The van der Waals surface area contributed by atoms with Crippen LogP contribution in [-0.2, 0) is 16.1 Å². The number of benzene rings is 1. The van der Waals surface area contributed by atoms with Crippen LogP contribution in [0.15, 0.2) is 24.3 Å². The Morgan fingerprint density at radius 1 is 1.23 bits per heavy atom. The van der Waals surface area contributed by atoms with Crippen LogP contribution in [-0.4, -0.2) is 47.8 Å². The monoisotopic (exact) mass is 437 g/mol. The lowest BCUT2D eigenvalue weighted by molar-refractivity contribution is -0.759. The third-order valence-electron chi connectivity index (χ3n) is 5.73. The van der Waals surface area contributed by atoms with Crippen molar-refractivity contribution >= 4 is 22.9 Å². The number of nitrogens with zero attached hydrogens (tertiary/aromatic N) is 1. The highest BCUT2D eigenvalue weighted by atomic mass is 32.2. The van der Waals surface area contributed by atoms with Gasteiger partial charge in [0.1, 0.15) is 11.8 Å². The summed E-state index contributed by atoms with van der Waals surface area (Å²) in [4.78, 5) is 39.4. The minimum Gasteiger partial charge on any atom is -0.497 e. The van der Waals surface area contributed by atoms with Gasteiger partial charge < -0.3 is 20.2 Å². The summed E-state index contributed by atoms with van der Waals surface area (Å²) in [5.41, 5.74) is 1.04. The van der Waals surface area contributed by atoms with Gasteiger partial charge in [-0.25, -0.2) is 0 Å². The number of thioether (sulfide) groups is 1. The summed E-state index contributed by atoms with van der Waals surface area (Å²) in [5.74, 6) is 1.14. The van der Waals surface area contributed by atoms with Crippen molar-refractivity contribution in [3.05, 3.63) is 39.9 Å². The predicted octanol–water partition coefficient (Wildman–Crippen LogP) is 2.56. The van der Waals surface area contributed by atoms with Crippen molar-refractivity contribution in [2.75, 3.05) is 20.3 Å². The largest absolute Gasteiger partial charge is 0.497 e. The highest BCUT2D eigenvalue weighted by molar-refractivity contribution is 8.14. The standard InChI is InChI=1S/C20H27N3O6S/c1-28-16-8-6-13(7-9-16)10-17-18(22-20(25)30-17)19(24)21-11-14-2-4-15(5-3-14)12-29-23(26)27/h6-9,14-15,17-18H,2-5,10-12H2,1H3,(H,21,24)(H,22,25). The van der Waals surface area contributed by atoms with Crippen molar-refractivity contribution in [3.8, 4) is 5.75 Å². The Kier molecular flexibility index (Phi) is 7.78. The maximum Gasteiger partial charge on any atom is 0.294 e. The molecule has 1 aromatic carbocycles. The Hall–Kier alpha value is -2.49. The first kappa shape index (κ1) is 22.2. The summed E-state index contributed by atoms with van der Waals surface area (Å²) >= 11 is 1.17. The predicted molar refractivity (Wildman–Crippen MR) is 112 cm³/mol. The Morgan fingerprint density at radius 2 is 1.90 bits per heavy atom. The molecule has 1 saturated heterocycles. The van der Waals surface area contributed by atoms with Crippen molar-refractivity contribution in [1.29, 1.82) is 0 Å². The molecular formula is C20H27N3O6S. The van der Waals surface area contributed by atoms with Gasteiger partial charge in [-0.1, -0.05) is 23.9 Å². The zero-order valence-electron chi connectivity index (χ0n) is 16.9. The molecular weight excluding hydrogens is 410 g/mol. The molecule has 1 aliphatic carbocycles. The first-order valence-electron chi connectivity index (χ1n) is 10.1. The summed E-state index contributed by atoms with van der Waals surface area (Å²) in [6.07, 6.45) is 4.10. The van der Waals surface area contributed by atoms with Gasteiger partial charge in [0.2, 0.25) is 5.91 Å². The average molecular weight is 438 g/mol. The zero-order valence-corrected chi connectivity index (χ0v) is 17.7. The molecule has 0 aromatic heterocycles. The highest BCUT2D eigenvalue weighted by Gasteiger charge is 2.38. The van der Waals surface area contributed by atoms with Crippen LogP contribution in [0.1, 0.15) is 31.2 Å². The number of ether oxygens (including phenoxy) is 1. The number of hydrogen-bond acceptors (Lipinski definition) is 7. The quantitative estimate of drug-likeness (QED) is 0.450. The maximum atomic E-state index is 12.7. The van der Waals surface area contributed by atoms with Crippen LogP contribution < -0.4 is 15.4 Å². The molecule has 0 spiro atoms. The lowest BCUT2D eigenvalue weighted by Crippen LogP contribution is -2.48. The topological polar surface area (TPSA) is 120 Å². The van der Waals surface area contributed by atoms with Gasteiger partial charge in [-0.2, -0.15) is 0 Å². The normalized spacial score (nSPS) is 26.0. The van der Waals surface area contributed by atoms with Crippen LogP contribution in [0.2, 0.25) is 0 Å². The van der Waals surface area contributed by atoms with E-state index in [2.05, 4.69) is 15.5 Å². The van der Waals surface area contributed by atoms with E-state index in [0.29, 0.717) is 18.9 Å². The molecule has 2 unspecified atom stereocenters. The van der Waals surface area contributed by atoms with E-state index in [4.69, 9.17) is 4.74 Å². The van der Waals surface area contributed by atoms with Crippen LogP contribution in [0.4, 0.5) is 4.79 Å². The van der Waals surface area contributed by atoms with Gasteiger partial charge in [-0.05, 0) is 61.6 Å². The number of nitrogens with one attached hydrogen (secondary N) is 2. The Balaban J connectivity index is 1.45. The van der Waals surface area contributed by atoms with E-state index in [-0.39, 0.29) is 28.9 Å². The van der Waals surface area contributed by atoms with Crippen LogP contribution in [0, 0.1) is 22.0 Å². The van der Waals surface area contributed by atoms with Gasteiger partial charge in [0, 0.05) is 11.8 Å². The fourth-order valence-corrected chi connectivity index (χ4v) is 5.04. The molecule has 30 heavy (non-hydrogen) atoms. The zero-order chi connectivity index (χ0) is 21.5. The molecule has 2 aliphatic rings. The maximum absolute atomic E-state index is 12.7. The molecule has 1 aliphatic heterocycles. The van der Waals surface area contributed by atoms with Gasteiger partial charge in [0.25, 0.3) is 10.3 Å². The minimum atomic E-state index is -0.747. The first-order valence-corrected chi connectivity index (χ1v) is 11.0. The van der Waals surface area contributed by atoms with Crippen LogP contribution in [0.3, 0.4) is 0 Å². The number of carbonyl (C=O) groups is 2. The fourth-order valence-electron chi connectivity index (χ4n) is 3.97. The van der Waals surface area contributed by atoms with Crippen molar-refractivity contribution in [1.82, 2.24) is 10.6 Å². The lowest BCUT2D eigenvalue weighted by atomic mass is 9.82. The van der Waals surface area contributed by atoms with E-state index in [0.717, 1.165) is 37.0 Å². The van der Waals surface area contributed by atoms with E-state index in [1.807, 2.05) is 24.3 Å². The van der Waals surface area contributed by atoms with Crippen molar-refractivity contribution in [2.45, 2.75) is 43.4 Å². The molecule has 1 heterocycles. The SMILES string of the molecule is COc1ccc(CC2SC(=O)NC2C(=O)NCC2CCC(CO[N+](=O)[O-])CC2)cc1. The molecule has 164 valence electrons. The average Bonchev–Trinajstić information content (AvgIpc) is 3.12. The van der Waals surface area contributed by atoms with Crippen molar-refractivity contribution in [2.24, 2.45) is 11.8 Å². The smallest absolute Gasteiger partial charge is 0.294 e. The number of methoxy groups -OCH3 is 1. The fraction of sp³-hybridized carbons (Fsp3) is 0.600. The Labute approximate surface area is 179 Å². The van der Waals surface area contributed by atoms with Gasteiger partial charge in [-0.3, -0.25) is 9.59 Å². The van der Waals surface area contributed by atoms with Gasteiger partial charge in [0.05, 0.1) is 13.7 Å². The molecule has 3 rings (SSSR count). The molecule has 2 fully saturated rings. The summed E-state index contributed by atoms with van der Waals surface area (Å²) in [7, 11) is 1.61. The lowest BCUT2D eigenvalue weighted by Gasteiger charge is -2.28. The van der Waals surface area contributed by atoms with E-state index < -0.39 is 11.1 Å². The molecule has 2 amide bonds. The second-order valence-electron chi connectivity index (χ2n) is 7.77. The van der Waals surface area contributed by atoms with E-state index >= 15 is 0 Å². The van der Waals surface area contributed by atoms with Crippen molar-refractivity contribution < 1.29 is 24.3 Å². The first-order chi connectivity index (χ1) is 14.4. The van der Waals surface area contributed by atoms with E-state index in [1.165, 1.54) is 11.8 Å². The molecule has 1 saturated carbocycles. The van der Waals surface area contributed by atoms with Gasteiger partial charge in [0.15, 0.2) is 0 Å². The van der Waals surface area contributed by atoms with E-state index in [9.17, 15) is 19.7 Å². The Bertz CT molecular complexity index is 751. The summed E-state index contributed by atoms with van der Waals surface area (Å²) < 4.78 is 5.16. The molecule has 9 nitrogen and oxygen atoms in total. The molecule has 2 N–H and O–H groups in total. The van der Waals surface area contributed by atoms with Crippen LogP contribution in [0.25, 0.3) is 0 Å².